The van der Waals surface area contributed by atoms with Gasteiger partial charge in [-0.1, -0.05) is 39.5 Å². The quantitative estimate of drug-likeness (QED) is 0.651. The molecular formula is C14H28N2O2. The molecule has 0 heterocycles. The van der Waals surface area contributed by atoms with Crippen molar-refractivity contribution in [1.82, 2.24) is 5.32 Å². The van der Waals surface area contributed by atoms with E-state index < -0.39 is 5.60 Å². The number of rotatable bonds is 5. The van der Waals surface area contributed by atoms with E-state index in [-0.39, 0.29) is 17.7 Å². The Morgan fingerprint density at radius 2 is 1.83 bits per heavy atom. The van der Waals surface area contributed by atoms with Gasteiger partial charge >= 0.3 is 0 Å². The van der Waals surface area contributed by atoms with Crippen molar-refractivity contribution in [3.8, 4) is 0 Å². The van der Waals surface area contributed by atoms with Gasteiger partial charge in [-0.05, 0) is 18.8 Å². The SMILES string of the molecule is CC(C)C(CN)C(=O)NCC1(O)CCCCCC1. The molecule has 0 aromatic heterocycles. The van der Waals surface area contributed by atoms with Crippen LogP contribution in [0.15, 0.2) is 0 Å². The molecule has 0 aromatic carbocycles. The van der Waals surface area contributed by atoms with Gasteiger partial charge in [-0.25, -0.2) is 0 Å². The van der Waals surface area contributed by atoms with Crippen LogP contribution in [0.25, 0.3) is 0 Å². The average molecular weight is 256 g/mol. The summed E-state index contributed by atoms with van der Waals surface area (Å²) in [5.74, 6) is 0.0586. The molecule has 0 bridgehead atoms. The predicted octanol–water partition coefficient (Wildman–Crippen LogP) is 1.42. The van der Waals surface area contributed by atoms with E-state index in [9.17, 15) is 9.90 Å². The molecule has 1 saturated carbocycles. The zero-order chi connectivity index (χ0) is 13.6. The van der Waals surface area contributed by atoms with E-state index in [2.05, 4.69) is 5.32 Å². The summed E-state index contributed by atoms with van der Waals surface area (Å²) in [5.41, 5.74) is 4.91. The van der Waals surface area contributed by atoms with Crippen LogP contribution in [0.3, 0.4) is 0 Å². The van der Waals surface area contributed by atoms with Crippen molar-refractivity contribution in [1.29, 1.82) is 0 Å². The summed E-state index contributed by atoms with van der Waals surface area (Å²) in [4.78, 5) is 12.0. The third-order valence-corrected chi connectivity index (χ3v) is 4.02. The smallest absolute Gasteiger partial charge is 0.224 e. The first-order valence-electron chi connectivity index (χ1n) is 7.19. The van der Waals surface area contributed by atoms with Gasteiger partial charge in [0.1, 0.15) is 0 Å². The van der Waals surface area contributed by atoms with Gasteiger partial charge in [0.15, 0.2) is 0 Å². The van der Waals surface area contributed by atoms with Crippen LogP contribution in [0, 0.1) is 11.8 Å². The molecule has 1 aliphatic carbocycles. The zero-order valence-corrected chi connectivity index (χ0v) is 11.7. The van der Waals surface area contributed by atoms with Crippen LogP contribution in [-0.2, 0) is 4.79 Å². The van der Waals surface area contributed by atoms with Gasteiger partial charge in [0.2, 0.25) is 5.91 Å². The molecule has 1 aliphatic rings. The normalized spacial score (nSPS) is 21.4. The van der Waals surface area contributed by atoms with Crippen molar-refractivity contribution in [3.05, 3.63) is 0 Å². The van der Waals surface area contributed by atoms with Crippen molar-refractivity contribution in [2.24, 2.45) is 17.6 Å². The van der Waals surface area contributed by atoms with E-state index in [0.29, 0.717) is 13.1 Å². The van der Waals surface area contributed by atoms with Crippen LogP contribution < -0.4 is 11.1 Å². The Hall–Kier alpha value is -0.610. The van der Waals surface area contributed by atoms with E-state index in [1.165, 1.54) is 12.8 Å². The molecular weight excluding hydrogens is 228 g/mol. The van der Waals surface area contributed by atoms with Crippen molar-refractivity contribution in [2.45, 2.75) is 58.0 Å². The Labute approximate surface area is 110 Å². The lowest BCUT2D eigenvalue weighted by Gasteiger charge is -2.28. The lowest BCUT2D eigenvalue weighted by Crippen LogP contribution is -2.46. The monoisotopic (exact) mass is 256 g/mol. The van der Waals surface area contributed by atoms with Crippen LogP contribution in [0.4, 0.5) is 0 Å². The Morgan fingerprint density at radius 1 is 1.28 bits per heavy atom. The first-order chi connectivity index (χ1) is 8.48. The molecule has 1 unspecified atom stereocenters. The zero-order valence-electron chi connectivity index (χ0n) is 11.7. The molecule has 1 rings (SSSR count). The fraction of sp³-hybridized carbons (Fsp3) is 0.929. The molecule has 18 heavy (non-hydrogen) atoms. The molecule has 4 heteroatoms. The topological polar surface area (TPSA) is 75.4 Å². The van der Waals surface area contributed by atoms with Gasteiger partial charge in [-0.15, -0.1) is 0 Å². The number of carbonyl (C=O) groups is 1. The molecule has 0 saturated heterocycles. The molecule has 1 atom stereocenters. The largest absolute Gasteiger partial charge is 0.388 e. The summed E-state index contributed by atoms with van der Waals surface area (Å²) >= 11 is 0. The highest BCUT2D eigenvalue weighted by atomic mass is 16.3. The Balaban J connectivity index is 2.45. The number of carbonyl (C=O) groups excluding carboxylic acids is 1. The average Bonchev–Trinajstić information content (AvgIpc) is 2.53. The summed E-state index contributed by atoms with van der Waals surface area (Å²) in [6, 6.07) is 0. The van der Waals surface area contributed by atoms with Crippen LogP contribution in [0.2, 0.25) is 0 Å². The fourth-order valence-corrected chi connectivity index (χ4v) is 2.63. The number of aliphatic hydroxyl groups is 1. The highest BCUT2D eigenvalue weighted by molar-refractivity contribution is 5.79. The standard InChI is InChI=1S/C14H28N2O2/c1-11(2)12(9-15)13(17)16-10-14(18)7-5-3-4-6-8-14/h11-12,18H,3-10,15H2,1-2H3,(H,16,17). The summed E-state index contributed by atoms with van der Waals surface area (Å²) in [5, 5.41) is 13.3. The molecule has 4 N–H and O–H groups in total. The highest BCUT2D eigenvalue weighted by Crippen LogP contribution is 2.26. The fourth-order valence-electron chi connectivity index (χ4n) is 2.63. The minimum atomic E-state index is -0.706. The number of nitrogens with one attached hydrogen (secondary N) is 1. The number of amides is 1. The third-order valence-electron chi connectivity index (χ3n) is 4.02. The Kier molecular flexibility index (Phi) is 6.09. The summed E-state index contributed by atoms with van der Waals surface area (Å²) in [6.07, 6.45) is 6.07. The predicted molar refractivity (Wildman–Crippen MR) is 73.0 cm³/mol. The maximum Gasteiger partial charge on any atom is 0.224 e. The highest BCUT2D eigenvalue weighted by Gasteiger charge is 2.29. The number of hydrogen-bond donors (Lipinski definition) is 3. The number of hydrogen-bond acceptors (Lipinski definition) is 3. The first-order valence-corrected chi connectivity index (χ1v) is 7.19. The van der Waals surface area contributed by atoms with Crippen molar-refractivity contribution in [2.75, 3.05) is 13.1 Å². The van der Waals surface area contributed by atoms with Gasteiger partial charge in [-0.3, -0.25) is 4.79 Å². The van der Waals surface area contributed by atoms with Crippen molar-refractivity contribution < 1.29 is 9.90 Å². The summed E-state index contributed by atoms with van der Waals surface area (Å²) < 4.78 is 0. The first kappa shape index (κ1) is 15.4. The van der Waals surface area contributed by atoms with Gasteiger partial charge < -0.3 is 16.2 Å². The molecule has 0 radical (unpaired) electrons. The van der Waals surface area contributed by atoms with E-state index in [4.69, 9.17) is 5.73 Å². The summed E-state index contributed by atoms with van der Waals surface area (Å²) in [6.45, 7) is 4.73. The minimum Gasteiger partial charge on any atom is -0.388 e. The van der Waals surface area contributed by atoms with E-state index in [1.54, 1.807) is 0 Å². The molecule has 4 nitrogen and oxygen atoms in total. The molecule has 106 valence electrons. The van der Waals surface area contributed by atoms with Crippen LogP contribution >= 0.6 is 0 Å². The molecule has 1 fully saturated rings. The van der Waals surface area contributed by atoms with Gasteiger partial charge in [0.05, 0.1) is 11.5 Å². The maximum absolute atomic E-state index is 12.0. The molecule has 0 aliphatic heterocycles. The van der Waals surface area contributed by atoms with Crippen molar-refractivity contribution in [3.63, 3.8) is 0 Å². The molecule has 1 amide bonds. The Bertz CT molecular complexity index is 259. The maximum atomic E-state index is 12.0. The van der Waals surface area contributed by atoms with Gasteiger partial charge in [0.25, 0.3) is 0 Å². The van der Waals surface area contributed by atoms with Gasteiger partial charge in [0, 0.05) is 13.1 Å². The van der Waals surface area contributed by atoms with E-state index in [0.717, 1.165) is 25.7 Å². The number of nitrogens with two attached hydrogens (primary N) is 1. The van der Waals surface area contributed by atoms with E-state index in [1.807, 2.05) is 13.8 Å². The summed E-state index contributed by atoms with van der Waals surface area (Å²) in [7, 11) is 0. The minimum absolute atomic E-state index is 0.0230. The second-order valence-electron chi connectivity index (χ2n) is 5.94. The van der Waals surface area contributed by atoms with Gasteiger partial charge in [-0.2, -0.15) is 0 Å². The molecule has 0 aromatic rings. The Morgan fingerprint density at radius 3 is 2.28 bits per heavy atom. The van der Waals surface area contributed by atoms with Crippen molar-refractivity contribution >= 4 is 5.91 Å². The lowest BCUT2D eigenvalue weighted by atomic mass is 9.92. The molecule has 0 spiro atoms. The third kappa shape index (κ3) is 4.58. The van der Waals surface area contributed by atoms with Crippen LogP contribution in [0.1, 0.15) is 52.4 Å². The second kappa shape index (κ2) is 7.10. The van der Waals surface area contributed by atoms with E-state index >= 15 is 0 Å². The van der Waals surface area contributed by atoms with Crippen LogP contribution in [0.5, 0.6) is 0 Å². The lowest BCUT2D eigenvalue weighted by molar-refractivity contribution is -0.127. The van der Waals surface area contributed by atoms with Crippen LogP contribution in [-0.4, -0.2) is 29.7 Å². The second-order valence-corrected chi connectivity index (χ2v) is 5.94.